The lowest BCUT2D eigenvalue weighted by Crippen LogP contribution is -2.16. The SMILES string of the molecule is C=CNCC(/C=C/CN)=C(\C(=N)c1ccc(F)cc1)C1=CCC=NC=C1. The van der Waals surface area contributed by atoms with Crippen molar-refractivity contribution in [1.82, 2.24) is 5.32 Å². The first-order valence-corrected chi connectivity index (χ1v) is 8.35. The van der Waals surface area contributed by atoms with Crippen molar-refractivity contribution >= 4 is 11.9 Å². The summed E-state index contributed by atoms with van der Waals surface area (Å²) >= 11 is 0. The number of nitrogens with two attached hydrogens (primary N) is 1. The molecule has 134 valence electrons. The fourth-order valence-corrected chi connectivity index (χ4v) is 2.55. The number of allylic oxidation sites excluding steroid dienone is 4. The second-order valence-corrected chi connectivity index (χ2v) is 5.55. The zero-order valence-corrected chi connectivity index (χ0v) is 14.6. The summed E-state index contributed by atoms with van der Waals surface area (Å²) in [4.78, 5) is 4.16. The predicted octanol–water partition coefficient (Wildman–Crippen LogP) is 3.65. The maximum Gasteiger partial charge on any atom is 0.123 e. The largest absolute Gasteiger partial charge is 0.387 e. The van der Waals surface area contributed by atoms with E-state index >= 15 is 0 Å². The molecule has 0 saturated heterocycles. The van der Waals surface area contributed by atoms with Gasteiger partial charge < -0.3 is 11.1 Å². The molecule has 1 aliphatic rings. The molecular weight excluding hydrogens is 327 g/mol. The van der Waals surface area contributed by atoms with E-state index in [2.05, 4.69) is 16.9 Å². The van der Waals surface area contributed by atoms with E-state index in [-0.39, 0.29) is 5.82 Å². The van der Waals surface area contributed by atoms with Crippen molar-refractivity contribution < 1.29 is 4.39 Å². The molecular formula is C21H23FN4. The molecule has 2 rings (SSSR count). The molecule has 26 heavy (non-hydrogen) atoms. The Balaban J connectivity index is 2.58. The van der Waals surface area contributed by atoms with E-state index < -0.39 is 0 Å². The number of hydrogen-bond donors (Lipinski definition) is 3. The third-order valence-electron chi connectivity index (χ3n) is 3.77. The van der Waals surface area contributed by atoms with Crippen LogP contribution in [0.5, 0.6) is 0 Å². The van der Waals surface area contributed by atoms with Crippen molar-refractivity contribution in [3.63, 3.8) is 0 Å². The van der Waals surface area contributed by atoms with Gasteiger partial charge in [-0.15, -0.1) is 0 Å². The topological polar surface area (TPSA) is 74.3 Å². The number of benzene rings is 1. The van der Waals surface area contributed by atoms with Gasteiger partial charge in [0.05, 0.1) is 5.71 Å². The van der Waals surface area contributed by atoms with Crippen molar-refractivity contribution in [3.05, 3.63) is 95.6 Å². The van der Waals surface area contributed by atoms with Crippen molar-refractivity contribution in [2.45, 2.75) is 6.42 Å². The molecule has 4 nitrogen and oxygen atoms in total. The number of nitrogens with one attached hydrogen (secondary N) is 2. The number of hydrogen-bond acceptors (Lipinski definition) is 4. The molecule has 0 aromatic heterocycles. The first kappa shape index (κ1) is 19.3. The predicted molar refractivity (Wildman–Crippen MR) is 107 cm³/mol. The number of nitrogens with zero attached hydrogens (tertiary/aromatic N) is 1. The van der Waals surface area contributed by atoms with Gasteiger partial charge in [-0.3, -0.25) is 10.4 Å². The van der Waals surface area contributed by atoms with Gasteiger partial charge >= 0.3 is 0 Å². The number of aliphatic imine (C=N–C) groups is 1. The Morgan fingerprint density at radius 2 is 2.12 bits per heavy atom. The molecule has 0 radical (unpaired) electrons. The van der Waals surface area contributed by atoms with Gasteiger partial charge in [-0.25, -0.2) is 4.39 Å². The van der Waals surface area contributed by atoms with E-state index in [0.717, 1.165) is 16.7 Å². The lowest BCUT2D eigenvalue weighted by Gasteiger charge is -2.16. The fourth-order valence-electron chi connectivity index (χ4n) is 2.55. The minimum absolute atomic E-state index is 0.310. The summed E-state index contributed by atoms with van der Waals surface area (Å²) in [6.45, 7) is 4.57. The zero-order chi connectivity index (χ0) is 18.8. The summed E-state index contributed by atoms with van der Waals surface area (Å²) in [5, 5.41) is 11.8. The third-order valence-corrected chi connectivity index (χ3v) is 3.77. The summed E-state index contributed by atoms with van der Waals surface area (Å²) in [6, 6.07) is 5.94. The van der Waals surface area contributed by atoms with E-state index in [9.17, 15) is 4.39 Å². The van der Waals surface area contributed by atoms with Crippen LogP contribution in [0.2, 0.25) is 0 Å². The molecule has 0 spiro atoms. The van der Waals surface area contributed by atoms with Gasteiger partial charge in [0.25, 0.3) is 0 Å². The standard InChI is InChI=1S/C21H23FN4/c1-2-25-15-18(5-3-12-23)20(16-6-4-13-26-14-11-16)21(24)17-7-9-19(22)10-8-17/h2-3,5-11,13-14,24-25H,1,4,12,15,23H2/b5-3+,20-18-,24-21?. The zero-order valence-electron chi connectivity index (χ0n) is 14.6. The Morgan fingerprint density at radius 3 is 2.81 bits per heavy atom. The number of rotatable bonds is 8. The smallest absolute Gasteiger partial charge is 0.123 e. The lowest BCUT2D eigenvalue weighted by molar-refractivity contribution is 0.628. The van der Waals surface area contributed by atoms with E-state index in [1.807, 2.05) is 24.3 Å². The van der Waals surface area contributed by atoms with E-state index in [0.29, 0.717) is 30.8 Å². The average Bonchev–Trinajstić information content (AvgIpc) is 2.93. The van der Waals surface area contributed by atoms with E-state index in [1.165, 1.54) is 12.1 Å². The summed E-state index contributed by atoms with van der Waals surface area (Å²) in [5.74, 6) is -0.328. The van der Waals surface area contributed by atoms with Crippen LogP contribution >= 0.6 is 0 Å². The summed E-state index contributed by atoms with van der Waals surface area (Å²) < 4.78 is 13.3. The molecule has 0 aliphatic carbocycles. The highest BCUT2D eigenvalue weighted by Crippen LogP contribution is 2.24. The maximum absolute atomic E-state index is 13.3. The van der Waals surface area contributed by atoms with Crippen LogP contribution in [-0.4, -0.2) is 25.0 Å². The van der Waals surface area contributed by atoms with Crippen LogP contribution in [0, 0.1) is 11.2 Å². The van der Waals surface area contributed by atoms with Crippen LogP contribution in [0.4, 0.5) is 4.39 Å². The van der Waals surface area contributed by atoms with Crippen LogP contribution < -0.4 is 11.1 Å². The molecule has 0 bridgehead atoms. The highest BCUT2D eigenvalue weighted by Gasteiger charge is 2.16. The molecule has 0 fully saturated rings. The molecule has 4 N–H and O–H groups in total. The summed E-state index contributed by atoms with van der Waals surface area (Å²) in [5.41, 5.74) is 9.09. The number of halogens is 1. The van der Waals surface area contributed by atoms with Crippen LogP contribution in [0.15, 0.2) is 89.3 Å². The molecule has 0 unspecified atom stereocenters. The molecule has 0 amide bonds. The van der Waals surface area contributed by atoms with Gasteiger partial charge in [-0.05, 0) is 47.7 Å². The van der Waals surface area contributed by atoms with Crippen molar-refractivity contribution in [3.8, 4) is 0 Å². The Labute approximate surface area is 153 Å². The Hall–Kier alpha value is -3.05. The highest BCUT2D eigenvalue weighted by molar-refractivity contribution is 6.14. The van der Waals surface area contributed by atoms with E-state index in [1.54, 1.807) is 30.7 Å². The molecule has 0 atom stereocenters. The Bertz CT molecular complexity index is 796. The minimum atomic E-state index is -0.328. The first-order chi connectivity index (χ1) is 12.7. The summed E-state index contributed by atoms with van der Waals surface area (Å²) in [6.07, 6.45) is 13.4. The average molecular weight is 350 g/mol. The highest BCUT2D eigenvalue weighted by atomic mass is 19.1. The molecule has 1 aromatic carbocycles. The fraction of sp³-hybridized carbons (Fsp3) is 0.143. The normalized spacial score (nSPS) is 14.6. The van der Waals surface area contributed by atoms with Gasteiger partial charge in [0.2, 0.25) is 0 Å². The first-order valence-electron chi connectivity index (χ1n) is 8.35. The van der Waals surface area contributed by atoms with Crippen molar-refractivity contribution in [2.75, 3.05) is 13.1 Å². The Kier molecular flexibility index (Phi) is 7.46. The molecule has 0 saturated carbocycles. The van der Waals surface area contributed by atoms with Crippen molar-refractivity contribution in [1.29, 1.82) is 5.41 Å². The molecule has 5 heteroatoms. The van der Waals surface area contributed by atoms with Crippen LogP contribution in [0.25, 0.3) is 0 Å². The van der Waals surface area contributed by atoms with Gasteiger partial charge in [0.15, 0.2) is 0 Å². The van der Waals surface area contributed by atoms with Crippen molar-refractivity contribution in [2.24, 2.45) is 10.7 Å². The lowest BCUT2D eigenvalue weighted by atomic mass is 9.90. The van der Waals surface area contributed by atoms with E-state index in [4.69, 9.17) is 11.1 Å². The van der Waals surface area contributed by atoms with Gasteiger partial charge in [0, 0.05) is 43.1 Å². The van der Waals surface area contributed by atoms with Crippen LogP contribution in [0.1, 0.15) is 12.0 Å². The minimum Gasteiger partial charge on any atom is -0.387 e. The third kappa shape index (κ3) is 5.22. The second-order valence-electron chi connectivity index (χ2n) is 5.55. The van der Waals surface area contributed by atoms with Crippen LogP contribution in [-0.2, 0) is 0 Å². The molecule has 1 aromatic rings. The second kappa shape index (κ2) is 10.1. The maximum atomic E-state index is 13.3. The molecule has 1 aliphatic heterocycles. The van der Waals surface area contributed by atoms with Gasteiger partial charge in [-0.1, -0.05) is 24.8 Å². The quantitative estimate of drug-likeness (QED) is 0.494. The Morgan fingerprint density at radius 1 is 1.35 bits per heavy atom. The van der Waals surface area contributed by atoms with Gasteiger partial charge in [0.1, 0.15) is 5.82 Å². The van der Waals surface area contributed by atoms with Crippen LogP contribution in [0.3, 0.4) is 0 Å². The van der Waals surface area contributed by atoms with Gasteiger partial charge in [-0.2, -0.15) is 0 Å². The summed E-state index contributed by atoms with van der Waals surface area (Å²) in [7, 11) is 0. The molecule has 1 heterocycles. The monoisotopic (exact) mass is 350 g/mol.